The molecule has 3 unspecified atom stereocenters. The Labute approximate surface area is 107 Å². The number of nitrogens with zero attached hydrogens (tertiary/aromatic N) is 1. The Balaban J connectivity index is 2.13. The molecule has 0 bridgehead atoms. The molecule has 0 heterocycles. The maximum absolute atomic E-state index is 9.79. The van der Waals surface area contributed by atoms with Gasteiger partial charge >= 0.3 is 0 Å². The lowest BCUT2D eigenvalue weighted by atomic mass is 10.0. The van der Waals surface area contributed by atoms with E-state index in [0.29, 0.717) is 5.56 Å². The molecule has 3 atom stereocenters. The Morgan fingerprint density at radius 3 is 2.61 bits per heavy atom. The summed E-state index contributed by atoms with van der Waals surface area (Å²) in [5.41, 5.74) is 0.501. The lowest BCUT2D eigenvalue weighted by Gasteiger charge is -2.23. The minimum absolute atomic E-state index is 0.0282. The van der Waals surface area contributed by atoms with Crippen molar-refractivity contribution in [3.8, 4) is 17.6 Å². The van der Waals surface area contributed by atoms with Gasteiger partial charge in [0.05, 0.1) is 17.6 Å². The van der Waals surface area contributed by atoms with Crippen molar-refractivity contribution in [2.24, 2.45) is 5.92 Å². The fourth-order valence-electron chi connectivity index (χ4n) is 2.70. The number of nitriles is 1. The van der Waals surface area contributed by atoms with Crippen LogP contribution in [0.4, 0.5) is 0 Å². The van der Waals surface area contributed by atoms with Crippen LogP contribution in [0.15, 0.2) is 18.2 Å². The van der Waals surface area contributed by atoms with Gasteiger partial charge in [0.2, 0.25) is 0 Å². The van der Waals surface area contributed by atoms with Crippen LogP contribution < -0.4 is 5.32 Å². The normalized spacial score (nSPS) is 24.7. The van der Waals surface area contributed by atoms with Crippen molar-refractivity contribution in [2.75, 3.05) is 0 Å². The van der Waals surface area contributed by atoms with E-state index >= 15 is 0 Å². The molecular weight excluding hydrogens is 228 g/mol. The van der Waals surface area contributed by atoms with Gasteiger partial charge < -0.3 is 15.5 Å². The molecule has 0 aromatic heterocycles. The van der Waals surface area contributed by atoms with Crippen molar-refractivity contribution in [2.45, 2.75) is 38.3 Å². The standard InChI is InChI=1S/C14H18N2O2/c1-9(14-12(17)6-3-7-13(14)18)16-11-5-2-4-10(11)8-15/h3,6-7,9-11,16-18H,2,4-5H2,1H3. The molecule has 1 aliphatic rings. The topological polar surface area (TPSA) is 76.3 Å². The first-order valence-corrected chi connectivity index (χ1v) is 6.30. The van der Waals surface area contributed by atoms with Crippen LogP contribution >= 0.6 is 0 Å². The van der Waals surface area contributed by atoms with Gasteiger partial charge in [0.25, 0.3) is 0 Å². The Morgan fingerprint density at radius 1 is 1.33 bits per heavy atom. The number of rotatable bonds is 3. The highest BCUT2D eigenvalue weighted by atomic mass is 16.3. The van der Waals surface area contributed by atoms with Gasteiger partial charge in [-0.15, -0.1) is 0 Å². The molecule has 0 aliphatic heterocycles. The van der Waals surface area contributed by atoms with Crippen LogP contribution in [0.3, 0.4) is 0 Å². The fraction of sp³-hybridized carbons (Fsp3) is 0.500. The summed E-state index contributed by atoms with van der Waals surface area (Å²) in [6, 6.07) is 7.00. The molecule has 4 nitrogen and oxygen atoms in total. The lowest BCUT2D eigenvalue weighted by molar-refractivity contribution is 0.382. The molecule has 1 aliphatic carbocycles. The third kappa shape index (κ3) is 2.41. The molecular formula is C14H18N2O2. The van der Waals surface area contributed by atoms with Gasteiger partial charge in [-0.2, -0.15) is 5.26 Å². The molecule has 1 aromatic carbocycles. The number of nitrogens with one attached hydrogen (secondary N) is 1. The summed E-state index contributed by atoms with van der Waals surface area (Å²) in [5.74, 6) is 0.198. The molecule has 4 heteroatoms. The van der Waals surface area contributed by atoms with Crippen molar-refractivity contribution in [1.82, 2.24) is 5.32 Å². The highest BCUT2D eigenvalue weighted by Gasteiger charge is 2.29. The molecule has 3 N–H and O–H groups in total. The van der Waals surface area contributed by atoms with Crippen LogP contribution in [0.2, 0.25) is 0 Å². The quantitative estimate of drug-likeness (QED) is 0.765. The number of hydrogen-bond donors (Lipinski definition) is 3. The molecule has 2 rings (SSSR count). The van der Waals surface area contributed by atoms with Crippen molar-refractivity contribution in [3.05, 3.63) is 23.8 Å². The maximum atomic E-state index is 9.79. The van der Waals surface area contributed by atoms with Gasteiger partial charge in [-0.25, -0.2) is 0 Å². The third-order valence-corrected chi connectivity index (χ3v) is 3.64. The van der Waals surface area contributed by atoms with Gasteiger partial charge in [-0.05, 0) is 31.9 Å². The molecule has 0 spiro atoms. The number of phenols is 2. The van der Waals surface area contributed by atoms with Crippen LogP contribution in [0.1, 0.15) is 37.8 Å². The summed E-state index contributed by atoms with van der Waals surface area (Å²) in [6.07, 6.45) is 2.94. The van der Waals surface area contributed by atoms with Crippen molar-refractivity contribution in [3.63, 3.8) is 0 Å². The van der Waals surface area contributed by atoms with Crippen molar-refractivity contribution >= 4 is 0 Å². The zero-order valence-corrected chi connectivity index (χ0v) is 10.4. The number of hydrogen-bond acceptors (Lipinski definition) is 4. The second kappa shape index (κ2) is 5.28. The van der Waals surface area contributed by atoms with E-state index < -0.39 is 0 Å². The number of aromatic hydroxyl groups is 2. The number of benzene rings is 1. The maximum Gasteiger partial charge on any atom is 0.124 e. The second-order valence-electron chi connectivity index (χ2n) is 4.87. The molecule has 96 valence electrons. The van der Waals surface area contributed by atoms with E-state index in [1.807, 2.05) is 6.92 Å². The number of phenolic OH excluding ortho intramolecular Hbond substituents is 2. The highest BCUT2D eigenvalue weighted by Crippen LogP contribution is 2.34. The summed E-state index contributed by atoms with van der Waals surface area (Å²) in [6.45, 7) is 1.89. The van der Waals surface area contributed by atoms with Gasteiger partial charge in [-0.1, -0.05) is 12.5 Å². The zero-order valence-electron chi connectivity index (χ0n) is 10.4. The molecule has 1 fully saturated rings. The van der Waals surface area contributed by atoms with Gasteiger partial charge in [0.15, 0.2) is 0 Å². The largest absolute Gasteiger partial charge is 0.507 e. The Kier molecular flexibility index (Phi) is 3.73. The van der Waals surface area contributed by atoms with E-state index in [1.165, 1.54) is 0 Å². The highest BCUT2D eigenvalue weighted by molar-refractivity contribution is 5.45. The Bertz CT molecular complexity index is 447. The van der Waals surface area contributed by atoms with Crippen LogP contribution in [0.5, 0.6) is 11.5 Å². The minimum Gasteiger partial charge on any atom is -0.507 e. The van der Waals surface area contributed by atoms with E-state index in [2.05, 4.69) is 11.4 Å². The predicted octanol–water partition coefficient (Wildman–Crippen LogP) is 2.44. The second-order valence-corrected chi connectivity index (χ2v) is 4.87. The van der Waals surface area contributed by atoms with Crippen LogP contribution in [-0.4, -0.2) is 16.3 Å². The van der Waals surface area contributed by atoms with Crippen LogP contribution in [0.25, 0.3) is 0 Å². The summed E-state index contributed by atoms with van der Waals surface area (Å²) >= 11 is 0. The first-order valence-electron chi connectivity index (χ1n) is 6.30. The molecule has 0 saturated heterocycles. The first-order chi connectivity index (χ1) is 8.63. The van der Waals surface area contributed by atoms with E-state index in [1.54, 1.807) is 18.2 Å². The van der Waals surface area contributed by atoms with Crippen LogP contribution in [0, 0.1) is 17.2 Å². The van der Waals surface area contributed by atoms with E-state index in [9.17, 15) is 10.2 Å². The monoisotopic (exact) mass is 246 g/mol. The van der Waals surface area contributed by atoms with Crippen molar-refractivity contribution < 1.29 is 10.2 Å². The lowest BCUT2D eigenvalue weighted by Crippen LogP contribution is -2.33. The zero-order chi connectivity index (χ0) is 13.1. The molecule has 1 saturated carbocycles. The van der Waals surface area contributed by atoms with Gasteiger partial charge in [0.1, 0.15) is 11.5 Å². The molecule has 0 amide bonds. The fourth-order valence-corrected chi connectivity index (χ4v) is 2.70. The van der Waals surface area contributed by atoms with Gasteiger partial charge in [0, 0.05) is 12.1 Å². The summed E-state index contributed by atoms with van der Waals surface area (Å²) in [7, 11) is 0. The van der Waals surface area contributed by atoms with E-state index in [-0.39, 0.29) is 29.5 Å². The minimum atomic E-state index is -0.176. The average molecular weight is 246 g/mol. The SMILES string of the molecule is CC(NC1CCCC1C#N)c1c(O)cccc1O. The molecule has 0 radical (unpaired) electrons. The van der Waals surface area contributed by atoms with Crippen molar-refractivity contribution in [1.29, 1.82) is 5.26 Å². The van der Waals surface area contributed by atoms with Crippen LogP contribution in [-0.2, 0) is 0 Å². The summed E-state index contributed by atoms with van der Waals surface area (Å²) in [5, 5.41) is 32.0. The third-order valence-electron chi connectivity index (χ3n) is 3.64. The summed E-state index contributed by atoms with van der Waals surface area (Å²) < 4.78 is 0. The first kappa shape index (κ1) is 12.7. The van der Waals surface area contributed by atoms with Gasteiger partial charge in [-0.3, -0.25) is 0 Å². The molecule has 18 heavy (non-hydrogen) atoms. The Morgan fingerprint density at radius 2 is 2.00 bits per heavy atom. The van der Waals surface area contributed by atoms with E-state index in [0.717, 1.165) is 19.3 Å². The van der Waals surface area contributed by atoms with E-state index in [4.69, 9.17) is 5.26 Å². The smallest absolute Gasteiger partial charge is 0.124 e. The summed E-state index contributed by atoms with van der Waals surface area (Å²) in [4.78, 5) is 0. The molecule has 1 aromatic rings. The predicted molar refractivity (Wildman–Crippen MR) is 68.1 cm³/mol. The average Bonchev–Trinajstić information content (AvgIpc) is 2.76. The Hall–Kier alpha value is -1.73.